The van der Waals surface area contributed by atoms with Crippen LogP contribution in [-0.4, -0.2) is 41.3 Å². The van der Waals surface area contributed by atoms with Gasteiger partial charge in [-0.2, -0.15) is 0 Å². The SMILES string of the molecule is O=C1CC2(CCN(C(=O)c3csc(-c4ccc(F)cc4)n3)CC2)CN1. The number of nitrogens with zero attached hydrogens (tertiary/aromatic N) is 2. The molecule has 2 aromatic rings. The van der Waals surface area contributed by atoms with Crippen LogP contribution < -0.4 is 5.32 Å². The zero-order valence-electron chi connectivity index (χ0n) is 13.6. The largest absolute Gasteiger partial charge is 0.356 e. The van der Waals surface area contributed by atoms with Gasteiger partial charge >= 0.3 is 0 Å². The van der Waals surface area contributed by atoms with Crippen LogP contribution >= 0.6 is 11.3 Å². The molecule has 0 radical (unpaired) electrons. The van der Waals surface area contributed by atoms with E-state index in [-0.39, 0.29) is 23.0 Å². The van der Waals surface area contributed by atoms with Gasteiger partial charge in [0.1, 0.15) is 16.5 Å². The molecule has 1 aromatic carbocycles. The summed E-state index contributed by atoms with van der Waals surface area (Å²) in [6.07, 6.45) is 2.25. The van der Waals surface area contributed by atoms with E-state index in [1.165, 1.54) is 23.5 Å². The number of nitrogens with one attached hydrogen (secondary N) is 1. The fourth-order valence-corrected chi connectivity index (χ4v) is 4.35. The van der Waals surface area contributed by atoms with Crippen molar-refractivity contribution in [1.82, 2.24) is 15.2 Å². The lowest BCUT2D eigenvalue weighted by Gasteiger charge is -2.37. The lowest BCUT2D eigenvalue weighted by atomic mass is 9.77. The van der Waals surface area contributed by atoms with Gasteiger partial charge in [0.05, 0.1) is 0 Å². The molecule has 2 aliphatic rings. The van der Waals surface area contributed by atoms with Gasteiger partial charge in [-0.1, -0.05) is 0 Å². The fourth-order valence-electron chi connectivity index (χ4n) is 3.55. The normalized spacial score (nSPS) is 19.2. The molecule has 0 bridgehead atoms. The third-order valence-corrected chi connectivity index (χ3v) is 6.01. The van der Waals surface area contributed by atoms with E-state index in [4.69, 9.17) is 0 Å². The number of aromatic nitrogens is 1. The van der Waals surface area contributed by atoms with Crippen LogP contribution in [0.1, 0.15) is 29.8 Å². The number of rotatable bonds is 2. The first-order chi connectivity index (χ1) is 12.0. The number of hydrogen-bond donors (Lipinski definition) is 1. The molecule has 2 fully saturated rings. The monoisotopic (exact) mass is 359 g/mol. The van der Waals surface area contributed by atoms with Gasteiger partial charge < -0.3 is 10.2 Å². The Morgan fingerprint density at radius 3 is 2.60 bits per heavy atom. The van der Waals surface area contributed by atoms with E-state index in [0.29, 0.717) is 30.2 Å². The molecular weight excluding hydrogens is 341 g/mol. The number of carbonyl (C=O) groups excluding carboxylic acids is 2. The summed E-state index contributed by atoms with van der Waals surface area (Å²) in [5.41, 5.74) is 1.26. The summed E-state index contributed by atoms with van der Waals surface area (Å²) in [6, 6.07) is 6.10. The fraction of sp³-hybridized carbons (Fsp3) is 0.389. The van der Waals surface area contributed by atoms with Gasteiger partial charge in [-0.05, 0) is 42.5 Å². The molecule has 2 aliphatic heterocycles. The van der Waals surface area contributed by atoms with Gasteiger partial charge in [-0.3, -0.25) is 9.59 Å². The average Bonchev–Trinajstić information content (AvgIpc) is 3.23. The number of piperidine rings is 1. The minimum Gasteiger partial charge on any atom is -0.356 e. The number of likely N-dealkylation sites (tertiary alicyclic amines) is 1. The number of hydrogen-bond acceptors (Lipinski definition) is 4. The summed E-state index contributed by atoms with van der Waals surface area (Å²) in [5.74, 6) is -0.251. The van der Waals surface area contributed by atoms with Crippen molar-refractivity contribution in [2.45, 2.75) is 19.3 Å². The molecule has 5 nitrogen and oxygen atoms in total. The van der Waals surface area contributed by atoms with E-state index >= 15 is 0 Å². The van der Waals surface area contributed by atoms with Crippen molar-refractivity contribution in [3.63, 3.8) is 0 Å². The highest BCUT2D eigenvalue weighted by atomic mass is 32.1. The Morgan fingerprint density at radius 2 is 1.96 bits per heavy atom. The van der Waals surface area contributed by atoms with Crippen molar-refractivity contribution in [2.24, 2.45) is 5.41 Å². The van der Waals surface area contributed by atoms with Crippen LogP contribution in [0, 0.1) is 11.2 Å². The maximum atomic E-state index is 13.0. The topological polar surface area (TPSA) is 62.3 Å². The molecule has 1 aromatic heterocycles. The third-order valence-electron chi connectivity index (χ3n) is 5.12. The van der Waals surface area contributed by atoms with Crippen molar-refractivity contribution in [1.29, 1.82) is 0 Å². The molecule has 2 amide bonds. The van der Waals surface area contributed by atoms with Crippen molar-refractivity contribution in [3.8, 4) is 10.6 Å². The van der Waals surface area contributed by atoms with E-state index < -0.39 is 0 Å². The summed E-state index contributed by atoms with van der Waals surface area (Å²) in [7, 11) is 0. The number of halogens is 1. The lowest BCUT2D eigenvalue weighted by Crippen LogP contribution is -2.44. The molecule has 0 unspecified atom stereocenters. The molecule has 0 atom stereocenters. The number of carbonyl (C=O) groups is 2. The molecule has 1 spiro atoms. The van der Waals surface area contributed by atoms with Crippen molar-refractivity contribution >= 4 is 23.2 Å². The standard InChI is InChI=1S/C18H18FN3O2S/c19-13-3-1-12(2-4-13)16-21-14(10-25-16)17(24)22-7-5-18(6-8-22)9-15(23)20-11-18/h1-4,10H,5-9,11H2,(H,20,23). The first-order valence-corrected chi connectivity index (χ1v) is 9.20. The lowest BCUT2D eigenvalue weighted by molar-refractivity contribution is -0.119. The second kappa shape index (κ2) is 6.22. The maximum absolute atomic E-state index is 13.0. The second-order valence-electron chi connectivity index (χ2n) is 6.79. The van der Waals surface area contributed by atoms with Gasteiger partial charge in [0.15, 0.2) is 0 Å². The zero-order chi connectivity index (χ0) is 17.4. The van der Waals surface area contributed by atoms with Crippen LogP contribution in [0.25, 0.3) is 10.6 Å². The Balaban J connectivity index is 1.44. The number of amides is 2. The van der Waals surface area contributed by atoms with Crippen LogP contribution in [0.5, 0.6) is 0 Å². The van der Waals surface area contributed by atoms with Gasteiger partial charge in [0.2, 0.25) is 5.91 Å². The first kappa shape index (κ1) is 16.2. The molecule has 1 N–H and O–H groups in total. The summed E-state index contributed by atoms with van der Waals surface area (Å²) in [5, 5.41) is 5.37. The Bertz CT molecular complexity index is 810. The Hall–Kier alpha value is -2.28. The Morgan fingerprint density at radius 1 is 1.24 bits per heavy atom. The van der Waals surface area contributed by atoms with Gasteiger partial charge in [0.25, 0.3) is 5.91 Å². The molecule has 130 valence electrons. The van der Waals surface area contributed by atoms with E-state index in [0.717, 1.165) is 24.9 Å². The van der Waals surface area contributed by atoms with Crippen molar-refractivity contribution in [2.75, 3.05) is 19.6 Å². The minimum atomic E-state index is -0.293. The molecule has 2 saturated heterocycles. The molecule has 7 heteroatoms. The van der Waals surface area contributed by atoms with Crippen LogP contribution in [0.15, 0.2) is 29.6 Å². The van der Waals surface area contributed by atoms with Crippen LogP contribution in [0.4, 0.5) is 4.39 Å². The summed E-state index contributed by atoms with van der Waals surface area (Å²) < 4.78 is 13.0. The Kier molecular flexibility index (Phi) is 4.03. The predicted molar refractivity (Wildman–Crippen MR) is 92.7 cm³/mol. The second-order valence-corrected chi connectivity index (χ2v) is 7.65. The van der Waals surface area contributed by atoms with Crippen LogP contribution in [0.3, 0.4) is 0 Å². The van der Waals surface area contributed by atoms with E-state index in [9.17, 15) is 14.0 Å². The maximum Gasteiger partial charge on any atom is 0.273 e. The predicted octanol–water partition coefficient (Wildman–Crippen LogP) is 2.69. The number of thiazole rings is 1. The van der Waals surface area contributed by atoms with Gasteiger partial charge in [-0.15, -0.1) is 11.3 Å². The van der Waals surface area contributed by atoms with Crippen molar-refractivity contribution < 1.29 is 14.0 Å². The van der Waals surface area contributed by atoms with Crippen LogP contribution in [-0.2, 0) is 4.79 Å². The molecule has 3 heterocycles. The first-order valence-electron chi connectivity index (χ1n) is 8.32. The smallest absolute Gasteiger partial charge is 0.273 e. The zero-order valence-corrected chi connectivity index (χ0v) is 14.4. The van der Waals surface area contributed by atoms with E-state index in [1.807, 2.05) is 4.90 Å². The summed E-state index contributed by atoms with van der Waals surface area (Å²) in [6.45, 7) is 2.02. The summed E-state index contributed by atoms with van der Waals surface area (Å²) >= 11 is 1.38. The van der Waals surface area contributed by atoms with E-state index in [2.05, 4.69) is 10.3 Å². The highest BCUT2D eigenvalue weighted by Gasteiger charge is 2.41. The third kappa shape index (κ3) is 3.16. The summed E-state index contributed by atoms with van der Waals surface area (Å²) in [4.78, 5) is 30.4. The van der Waals surface area contributed by atoms with E-state index in [1.54, 1.807) is 17.5 Å². The van der Waals surface area contributed by atoms with Gasteiger partial charge in [0, 0.05) is 37.0 Å². The highest BCUT2D eigenvalue weighted by molar-refractivity contribution is 7.13. The molecular formula is C18H18FN3O2S. The number of benzene rings is 1. The average molecular weight is 359 g/mol. The van der Waals surface area contributed by atoms with Gasteiger partial charge in [-0.25, -0.2) is 9.37 Å². The molecule has 0 saturated carbocycles. The highest BCUT2D eigenvalue weighted by Crippen LogP contribution is 2.37. The Labute approximate surface area is 148 Å². The molecule has 4 rings (SSSR count). The van der Waals surface area contributed by atoms with Crippen LogP contribution in [0.2, 0.25) is 0 Å². The minimum absolute atomic E-state index is 0.0230. The molecule has 0 aliphatic carbocycles. The molecule has 25 heavy (non-hydrogen) atoms. The van der Waals surface area contributed by atoms with Crippen molar-refractivity contribution in [3.05, 3.63) is 41.2 Å². The quantitative estimate of drug-likeness (QED) is 0.897.